The van der Waals surface area contributed by atoms with Crippen molar-refractivity contribution >= 4 is 11.8 Å². The predicted molar refractivity (Wildman–Crippen MR) is 94.8 cm³/mol. The third-order valence-corrected chi connectivity index (χ3v) is 4.58. The molecule has 2 heterocycles. The van der Waals surface area contributed by atoms with Gasteiger partial charge in [-0.05, 0) is 36.4 Å². The van der Waals surface area contributed by atoms with Crippen LogP contribution in [0.1, 0.15) is 26.5 Å². The first kappa shape index (κ1) is 19.9. The number of alkyl halides is 3. The van der Waals surface area contributed by atoms with Crippen LogP contribution in [0.15, 0.2) is 47.1 Å². The van der Waals surface area contributed by atoms with E-state index in [2.05, 4.69) is 10.2 Å². The lowest BCUT2D eigenvalue weighted by Gasteiger charge is -2.34. The Labute approximate surface area is 159 Å². The van der Waals surface area contributed by atoms with Gasteiger partial charge in [0.15, 0.2) is 5.76 Å². The van der Waals surface area contributed by atoms with E-state index in [0.717, 1.165) is 24.3 Å². The van der Waals surface area contributed by atoms with E-state index in [1.54, 1.807) is 17.0 Å². The van der Waals surface area contributed by atoms with Crippen LogP contribution in [0.25, 0.3) is 0 Å². The minimum atomic E-state index is -4.42. The first-order chi connectivity index (χ1) is 13.3. The monoisotopic (exact) mass is 395 g/mol. The second-order valence-corrected chi connectivity index (χ2v) is 6.44. The summed E-state index contributed by atoms with van der Waals surface area (Å²) in [7, 11) is 0. The van der Waals surface area contributed by atoms with Gasteiger partial charge in [0, 0.05) is 44.8 Å². The molecule has 0 saturated carbocycles. The number of nitrogens with zero attached hydrogens (tertiary/aromatic N) is 2. The highest BCUT2D eigenvalue weighted by molar-refractivity contribution is 5.94. The zero-order chi connectivity index (χ0) is 20.1. The van der Waals surface area contributed by atoms with E-state index in [4.69, 9.17) is 4.42 Å². The summed E-state index contributed by atoms with van der Waals surface area (Å²) >= 11 is 0. The largest absolute Gasteiger partial charge is 0.459 e. The fourth-order valence-corrected chi connectivity index (χ4v) is 2.97. The third-order valence-electron chi connectivity index (χ3n) is 4.58. The molecule has 0 radical (unpaired) electrons. The molecule has 0 aliphatic carbocycles. The van der Waals surface area contributed by atoms with E-state index in [9.17, 15) is 22.8 Å². The van der Waals surface area contributed by atoms with Crippen LogP contribution in [0.4, 0.5) is 13.2 Å². The number of carbonyl (C=O) groups is 2. The summed E-state index contributed by atoms with van der Waals surface area (Å²) in [5, 5.41) is 2.70. The van der Waals surface area contributed by atoms with Crippen LogP contribution in [0.3, 0.4) is 0 Å². The van der Waals surface area contributed by atoms with Gasteiger partial charge in [0.25, 0.3) is 11.8 Å². The van der Waals surface area contributed by atoms with Gasteiger partial charge in [-0.2, -0.15) is 13.2 Å². The Bertz CT molecular complexity index is 796. The molecule has 1 N–H and O–H groups in total. The van der Waals surface area contributed by atoms with E-state index in [0.29, 0.717) is 45.0 Å². The highest BCUT2D eigenvalue weighted by Gasteiger charge is 2.30. The highest BCUT2D eigenvalue weighted by atomic mass is 19.4. The van der Waals surface area contributed by atoms with E-state index in [-0.39, 0.29) is 11.5 Å². The van der Waals surface area contributed by atoms with Crippen LogP contribution in [-0.2, 0) is 6.18 Å². The Kier molecular flexibility index (Phi) is 6.03. The number of benzene rings is 1. The topological polar surface area (TPSA) is 65.8 Å². The van der Waals surface area contributed by atoms with Crippen LogP contribution >= 0.6 is 0 Å². The molecule has 1 aromatic carbocycles. The van der Waals surface area contributed by atoms with Gasteiger partial charge in [-0.1, -0.05) is 0 Å². The third kappa shape index (κ3) is 4.92. The summed E-state index contributed by atoms with van der Waals surface area (Å²) in [4.78, 5) is 28.1. The van der Waals surface area contributed by atoms with Crippen molar-refractivity contribution < 1.29 is 27.2 Å². The molecule has 2 aromatic rings. The minimum absolute atomic E-state index is 0.139. The first-order valence-electron chi connectivity index (χ1n) is 8.85. The van der Waals surface area contributed by atoms with Crippen LogP contribution in [-0.4, -0.2) is 60.9 Å². The maximum atomic E-state index is 12.6. The molecular formula is C19H20F3N3O3. The second kappa shape index (κ2) is 8.47. The Balaban J connectivity index is 1.40. The summed E-state index contributed by atoms with van der Waals surface area (Å²) in [6.45, 7) is 3.42. The molecule has 3 rings (SSSR count). The van der Waals surface area contributed by atoms with Gasteiger partial charge in [-0.25, -0.2) is 0 Å². The maximum absolute atomic E-state index is 12.6. The molecule has 1 aliphatic heterocycles. The molecule has 0 unspecified atom stereocenters. The molecule has 0 spiro atoms. The fourth-order valence-electron chi connectivity index (χ4n) is 2.97. The molecule has 6 nitrogen and oxygen atoms in total. The zero-order valence-corrected chi connectivity index (χ0v) is 15.0. The van der Waals surface area contributed by atoms with Gasteiger partial charge in [-0.3, -0.25) is 14.5 Å². The highest BCUT2D eigenvalue weighted by Crippen LogP contribution is 2.29. The predicted octanol–water partition coefficient (Wildman–Crippen LogP) is 2.49. The van der Waals surface area contributed by atoms with Gasteiger partial charge in [0.2, 0.25) is 0 Å². The number of halogens is 3. The van der Waals surface area contributed by atoms with Crippen molar-refractivity contribution in [3.05, 3.63) is 59.5 Å². The Morgan fingerprint density at radius 1 is 1.04 bits per heavy atom. The van der Waals surface area contributed by atoms with E-state index in [1.165, 1.54) is 6.26 Å². The molecule has 150 valence electrons. The first-order valence-corrected chi connectivity index (χ1v) is 8.85. The van der Waals surface area contributed by atoms with Crippen LogP contribution in [0.2, 0.25) is 0 Å². The number of nitrogens with one attached hydrogen (secondary N) is 1. The van der Waals surface area contributed by atoms with E-state index in [1.807, 2.05) is 0 Å². The second-order valence-electron chi connectivity index (χ2n) is 6.44. The fraction of sp³-hybridized carbons (Fsp3) is 0.368. The summed E-state index contributed by atoms with van der Waals surface area (Å²) in [5.74, 6) is -0.238. The van der Waals surface area contributed by atoms with Gasteiger partial charge in [0.05, 0.1) is 11.8 Å². The van der Waals surface area contributed by atoms with Gasteiger partial charge in [0.1, 0.15) is 0 Å². The quantitative estimate of drug-likeness (QED) is 0.845. The Morgan fingerprint density at radius 3 is 2.29 bits per heavy atom. The average molecular weight is 395 g/mol. The molecule has 2 amide bonds. The summed E-state index contributed by atoms with van der Waals surface area (Å²) in [6.07, 6.45) is -2.96. The van der Waals surface area contributed by atoms with Crippen molar-refractivity contribution in [2.75, 3.05) is 39.3 Å². The van der Waals surface area contributed by atoms with Crippen molar-refractivity contribution in [1.29, 1.82) is 0 Å². The number of amides is 2. The molecule has 0 bridgehead atoms. The number of hydrogen-bond donors (Lipinski definition) is 1. The molecule has 0 atom stereocenters. The Morgan fingerprint density at radius 2 is 1.71 bits per heavy atom. The molecule has 1 saturated heterocycles. The lowest BCUT2D eigenvalue weighted by molar-refractivity contribution is -0.137. The van der Waals surface area contributed by atoms with Gasteiger partial charge < -0.3 is 14.6 Å². The lowest BCUT2D eigenvalue weighted by Crippen LogP contribution is -2.50. The summed E-state index contributed by atoms with van der Waals surface area (Å²) < 4.78 is 42.8. The van der Waals surface area contributed by atoms with E-state index < -0.39 is 17.6 Å². The van der Waals surface area contributed by atoms with Gasteiger partial charge >= 0.3 is 6.18 Å². The summed E-state index contributed by atoms with van der Waals surface area (Å²) in [5.41, 5.74) is -0.604. The number of rotatable bonds is 5. The number of hydrogen-bond acceptors (Lipinski definition) is 4. The number of piperazine rings is 1. The molecule has 1 fully saturated rings. The number of carbonyl (C=O) groups excluding carboxylic acids is 2. The number of furan rings is 1. The van der Waals surface area contributed by atoms with Gasteiger partial charge in [-0.15, -0.1) is 0 Å². The SMILES string of the molecule is O=C(NCCN1CCN(C(=O)c2ccco2)CC1)c1ccc(C(F)(F)F)cc1. The minimum Gasteiger partial charge on any atom is -0.459 e. The summed E-state index contributed by atoms with van der Waals surface area (Å²) in [6, 6.07) is 7.41. The van der Waals surface area contributed by atoms with Crippen LogP contribution < -0.4 is 5.32 Å². The smallest absolute Gasteiger partial charge is 0.416 e. The Hall–Kier alpha value is -2.81. The van der Waals surface area contributed by atoms with E-state index >= 15 is 0 Å². The van der Waals surface area contributed by atoms with Crippen molar-refractivity contribution in [1.82, 2.24) is 15.1 Å². The molecule has 1 aliphatic rings. The molecule has 28 heavy (non-hydrogen) atoms. The standard InChI is InChI=1S/C19H20F3N3O3/c20-19(21,22)15-5-3-14(4-6-15)17(26)23-7-8-24-9-11-25(12-10-24)18(27)16-2-1-13-28-16/h1-6,13H,7-12H2,(H,23,26). The zero-order valence-electron chi connectivity index (χ0n) is 15.0. The lowest BCUT2D eigenvalue weighted by atomic mass is 10.1. The van der Waals surface area contributed by atoms with Crippen LogP contribution in [0.5, 0.6) is 0 Å². The molecule has 9 heteroatoms. The molecule has 1 aromatic heterocycles. The van der Waals surface area contributed by atoms with Crippen LogP contribution in [0, 0.1) is 0 Å². The molecular weight excluding hydrogens is 375 g/mol. The van der Waals surface area contributed by atoms with Crippen molar-refractivity contribution in [3.63, 3.8) is 0 Å². The average Bonchev–Trinajstić information content (AvgIpc) is 3.22. The van der Waals surface area contributed by atoms with Crippen molar-refractivity contribution in [3.8, 4) is 0 Å². The van der Waals surface area contributed by atoms with Crippen molar-refractivity contribution in [2.45, 2.75) is 6.18 Å². The van der Waals surface area contributed by atoms with Crippen molar-refractivity contribution in [2.24, 2.45) is 0 Å². The maximum Gasteiger partial charge on any atom is 0.416 e. The normalized spacial score (nSPS) is 15.5.